The monoisotopic (exact) mass is 291 g/mol. The molecule has 0 aliphatic heterocycles. The van der Waals surface area contributed by atoms with Crippen molar-refractivity contribution in [2.24, 2.45) is 5.92 Å². The molecule has 1 rings (SSSR count). The summed E-state index contributed by atoms with van der Waals surface area (Å²) in [6, 6.07) is 9.20. The van der Waals surface area contributed by atoms with E-state index in [0.717, 1.165) is 5.56 Å². The molecule has 0 saturated carbocycles. The van der Waals surface area contributed by atoms with Gasteiger partial charge < -0.3 is 14.8 Å². The molecule has 5 nitrogen and oxygen atoms in total. The van der Waals surface area contributed by atoms with Gasteiger partial charge in [-0.3, -0.25) is 4.79 Å². The van der Waals surface area contributed by atoms with E-state index in [2.05, 4.69) is 10.1 Å². The van der Waals surface area contributed by atoms with Gasteiger partial charge in [0.05, 0.1) is 13.0 Å². The van der Waals surface area contributed by atoms with Crippen LogP contribution in [0.25, 0.3) is 0 Å². The fourth-order valence-corrected chi connectivity index (χ4v) is 1.60. The number of alkyl carbamates (subject to hydrolysis) is 1. The fourth-order valence-electron chi connectivity index (χ4n) is 1.60. The summed E-state index contributed by atoms with van der Waals surface area (Å²) in [6.07, 6.45) is 2.92. The summed E-state index contributed by atoms with van der Waals surface area (Å²) in [4.78, 5) is 22.8. The molecular formula is C16H21NO4. The van der Waals surface area contributed by atoms with E-state index in [1.54, 1.807) is 26.0 Å². The van der Waals surface area contributed by atoms with Crippen molar-refractivity contribution >= 4 is 12.1 Å². The van der Waals surface area contributed by atoms with Gasteiger partial charge in [-0.1, -0.05) is 42.5 Å². The zero-order chi connectivity index (χ0) is 15.7. The summed E-state index contributed by atoms with van der Waals surface area (Å²) in [5, 5.41) is 2.66. The van der Waals surface area contributed by atoms with Gasteiger partial charge in [-0.05, 0) is 19.4 Å². The van der Waals surface area contributed by atoms with Gasteiger partial charge in [0.1, 0.15) is 6.61 Å². The van der Waals surface area contributed by atoms with Crippen molar-refractivity contribution < 1.29 is 19.1 Å². The van der Waals surface area contributed by atoms with Crippen LogP contribution < -0.4 is 5.32 Å². The number of carbonyl (C=O) groups excluding carboxylic acids is 2. The van der Waals surface area contributed by atoms with E-state index in [4.69, 9.17) is 4.74 Å². The molecule has 0 spiro atoms. The molecule has 0 radical (unpaired) electrons. The van der Waals surface area contributed by atoms with E-state index >= 15 is 0 Å². The van der Waals surface area contributed by atoms with Gasteiger partial charge in [0.2, 0.25) is 0 Å². The molecule has 0 fully saturated rings. The Morgan fingerprint density at radius 2 is 1.86 bits per heavy atom. The fraction of sp³-hybridized carbons (Fsp3) is 0.375. The average Bonchev–Trinajstić information content (AvgIpc) is 2.50. The third-order valence-electron chi connectivity index (χ3n) is 2.82. The first-order chi connectivity index (χ1) is 10.0. The molecule has 0 saturated heterocycles. The van der Waals surface area contributed by atoms with Gasteiger partial charge in [-0.2, -0.15) is 0 Å². The lowest BCUT2D eigenvalue weighted by Gasteiger charge is -2.11. The van der Waals surface area contributed by atoms with Crippen LogP contribution >= 0.6 is 0 Å². The molecule has 1 aromatic carbocycles. The lowest BCUT2D eigenvalue weighted by Crippen LogP contribution is -2.31. The van der Waals surface area contributed by atoms with Crippen molar-refractivity contribution in [2.45, 2.75) is 26.5 Å². The summed E-state index contributed by atoms with van der Waals surface area (Å²) in [6.45, 7) is 3.74. The van der Waals surface area contributed by atoms with Crippen LogP contribution in [0.5, 0.6) is 0 Å². The van der Waals surface area contributed by atoms with Crippen molar-refractivity contribution in [2.75, 3.05) is 7.11 Å². The van der Waals surface area contributed by atoms with E-state index in [1.807, 2.05) is 30.3 Å². The van der Waals surface area contributed by atoms with Gasteiger partial charge in [-0.25, -0.2) is 4.79 Å². The van der Waals surface area contributed by atoms with E-state index in [9.17, 15) is 9.59 Å². The Kier molecular flexibility index (Phi) is 7.01. The van der Waals surface area contributed by atoms with Crippen molar-refractivity contribution in [3.8, 4) is 0 Å². The minimum Gasteiger partial charge on any atom is -0.469 e. The third kappa shape index (κ3) is 6.61. The molecule has 0 aromatic heterocycles. The number of esters is 1. The average molecular weight is 291 g/mol. The van der Waals surface area contributed by atoms with E-state index < -0.39 is 6.09 Å². The summed E-state index contributed by atoms with van der Waals surface area (Å²) < 4.78 is 9.71. The Morgan fingerprint density at radius 1 is 1.19 bits per heavy atom. The minimum absolute atomic E-state index is 0.224. The first-order valence-corrected chi connectivity index (χ1v) is 6.76. The molecule has 0 aliphatic carbocycles. The minimum atomic E-state index is -0.498. The zero-order valence-electron chi connectivity index (χ0n) is 12.5. The van der Waals surface area contributed by atoms with Crippen molar-refractivity contribution in [1.82, 2.24) is 5.32 Å². The van der Waals surface area contributed by atoms with Gasteiger partial charge in [0.25, 0.3) is 0 Å². The number of amides is 1. The number of rotatable bonds is 6. The third-order valence-corrected chi connectivity index (χ3v) is 2.82. The SMILES string of the molecule is COC(=O)[C@@H](C)/C=C/[C@@H](C)NC(=O)OCc1ccccc1. The summed E-state index contributed by atoms with van der Waals surface area (Å²) in [7, 11) is 1.34. The number of carbonyl (C=O) groups is 2. The van der Waals surface area contributed by atoms with Crippen LogP contribution in [0.3, 0.4) is 0 Å². The van der Waals surface area contributed by atoms with Gasteiger partial charge in [0, 0.05) is 6.04 Å². The van der Waals surface area contributed by atoms with Crippen LogP contribution in [-0.2, 0) is 20.9 Å². The Morgan fingerprint density at radius 3 is 2.48 bits per heavy atom. The summed E-state index contributed by atoms with van der Waals surface area (Å²) in [5.41, 5.74) is 0.926. The van der Waals surface area contributed by atoms with Crippen LogP contribution in [0, 0.1) is 5.92 Å². The molecule has 1 N–H and O–H groups in total. The highest BCUT2D eigenvalue weighted by Crippen LogP contribution is 2.02. The van der Waals surface area contributed by atoms with Crippen LogP contribution in [0.1, 0.15) is 19.4 Å². The van der Waals surface area contributed by atoms with Crippen molar-refractivity contribution in [1.29, 1.82) is 0 Å². The largest absolute Gasteiger partial charge is 0.469 e. The molecule has 5 heteroatoms. The molecule has 2 atom stereocenters. The van der Waals surface area contributed by atoms with Crippen LogP contribution in [0.15, 0.2) is 42.5 Å². The number of benzene rings is 1. The molecule has 114 valence electrons. The number of hydrogen-bond acceptors (Lipinski definition) is 4. The second-order valence-electron chi connectivity index (χ2n) is 4.69. The number of nitrogens with one attached hydrogen (secondary N) is 1. The van der Waals surface area contributed by atoms with Gasteiger partial charge in [0.15, 0.2) is 0 Å². The highest BCUT2D eigenvalue weighted by atomic mass is 16.5. The molecule has 0 bridgehead atoms. The number of methoxy groups -OCH3 is 1. The quantitative estimate of drug-likeness (QED) is 0.646. The van der Waals surface area contributed by atoms with Gasteiger partial charge >= 0.3 is 12.1 Å². The van der Waals surface area contributed by atoms with Crippen molar-refractivity contribution in [3.05, 3.63) is 48.0 Å². The number of ether oxygens (including phenoxy) is 2. The Hall–Kier alpha value is -2.30. The smallest absolute Gasteiger partial charge is 0.407 e. The number of hydrogen-bond donors (Lipinski definition) is 1. The maximum atomic E-state index is 11.6. The first kappa shape index (κ1) is 16.8. The summed E-state index contributed by atoms with van der Waals surface area (Å²) in [5.74, 6) is -0.662. The topological polar surface area (TPSA) is 64.6 Å². The van der Waals surface area contributed by atoms with Crippen LogP contribution in [-0.4, -0.2) is 25.2 Å². The molecule has 0 heterocycles. The standard InChI is InChI=1S/C16H21NO4/c1-12(15(18)20-3)9-10-13(2)17-16(19)21-11-14-7-5-4-6-8-14/h4-10,12-13H,11H2,1-3H3,(H,17,19)/b10-9+/t12-,13+/m0/s1. The zero-order valence-corrected chi connectivity index (χ0v) is 12.5. The lowest BCUT2D eigenvalue weighted by atomic mass is 10.1. The predicted molar refractivity (Wildman–Crippen MR) is 79.5 cm³/mol. The highest BCUT2D eigenvalue weighted by molar-refractivity contribution is 5.73. The molecule has 0 aliphatic rings. The van der Waals surface area contributed by atoms with E-state index in [0.29, 0.717) is 0 Å². The van der Waals surface area contributed by atoms with Gasteiger partial charge in [-0.15, -0.1) is 0 Å². The van der Waals surface area contributed by atoms with Crippen molar-refractivity contribution in [3.63, 3.8) is 0 Å². The highest BCUT2D eigenvalue weighted by Gasteiger charge is 2.10. The molecule has 1 amide bonds. The Bertz CT molecular complexity index is 484. The van der Waals surface area contributed by atoms with E-state index in [1.165, 1.54) is 7.11 Å². The second-order valence-corrected chi connectivity index (χ2v) is 4.69. The molecule has 0 unspecified atom stereocenters. The second kappa shape index (κ2) is 8.79. The Labute approximate surface area is 124 Å². The summed E-state index contributed by atoms with van der Waals surface area (Å²) >= 11 is 0. The maximum absolute atomic E-state index is 11.6. The normalized spacial score (nSPS) is 13.5. The van der Waals surface area contributed by atoms with Crippen LogP contribution in [0.4, 0.5) is 4.79 Å². The molecule has 21 heavy (non-hydrogen) atoms. The maximum Gasteiger partial charge on any atom is 0.407 e. The van der Waals surface area contributed by atoms with Crippen LogP contribution in [0.2, 0.25) is 0 Å². The molecule has 1 aromatic rings. The Balaban J connectivity index is 2.33. The lowest BCUT2D eigenvalue weighted by molar-refractivity contribution is -0.143. The first-order valence-electron chi connectivity index (χ1n) is 6.76. The van der Waals surface area contributed by atoms with E-state index in [-0.39, 0.29) is 24.5 Å². The molecular weight excluding hydrogens is 270 g/mol. The predicted octanol–water partition coefficient (Wildman–Crippen LogP) is 2.67.